The predicted octanol–water partition coefficient (Wildman–Crippen LogP) is 13.0. The molecule has 53 heavy (non-hydrogen) atoms. The lowest BCUT2D eigenvalue weighted by Gasteiger charge is -2.12. The molecule has 12 rings (SSSR count). The number of aromatic nitrogens is 4. The van der Waals surface area contributed by atoms with Gasteiger partial charge in [-0.15, -0.1) is 11.3 Å². The van der Waals surface area contributed by atoms with Crippen LogP contribution in [0.5, 0.6) is 0 Å². The maximum atomic E-state index is 5.42. The van der Waals surface area contributed by atoms with Gasteiger partial charge in [0.2, 0.25) is 5.95 Å². The van der Waals surface area contributed by atoms with Crippen molar-refractivity contribution >= 4 is 96.8 Å². The maximum absolute atomic E-state index is 5.42. The summed E-state index contributed by atoms with van der Waals surface area (Å²) in [4.78, 5) is 10.7. The van der Waals surface area contributed by atoms with Gasteiger partial charge >= 0.3 is 0 Å². The van der Waals surface area contributed by atoms with Crippen molar-refractivity contribution in [3.05, 3.63) is 170 Å². The second kappa shape index (κ2) is 10.8. The highest BCUT2D eigenvalue weighted by Crippen LogP contribution is 2.48. The SMILES string of the molecule is c1ccc(-c2nc(-n3c4ccccc4c4ccc5sc6ccc7c(c8ccccc8n7-c7cccc8ccccc78)c6c5c43)nc3ccccc23)cc1. The number of rotatable bonds is 3. The number of hydrogen-bond acceptors (Lipinski definition) is 3. The lowest BCUT2D eigenvalue weighted by molar-refractivity contribution is 1.02. The highest BCUT2D eigenvalue weighted by molar-refractivity contribution is 7.26. The number of para-hydroxylation sites is 3. The quantitative estimate of drug-likeness (QED) is 0.185. The van der Waals surface area contributed by atoms with Gasteiger partial charge in [0.25, 0.3) is 0 Å². The van der Waals surface area contributed by atoms with Gasteiger partial charge in [0.05, 0.1) is 39.0 Å². The Bertz CT molecular complexity index is 3450. The summed E-state index contributed by atoms with van der Waals surface area (Å²) in [5.41, 5.74) is 8.73. The molecule has 0 fully saturated rings. The van der Waals surface area contributed by atoms with Crippen molar-refractivity contribution in [3.8, 4) is 22.9 Å². The number of benzene rings is 8. The van der Waals surface area contributed by atoms with Crippen molar-refractivity contribution < 1.29 is 0 Å². The fourth-order valence-corrected chi connectivity index (χ4v) is 9.83. The van der Waals surface area contributed by atoms with Crippen LogP contribution in [0.3, 0.4) is 0 Å². The van der Waals surface area contributed by atoms with Crippen LogP contribution in [0, 0.1) is 0 Å². The van der Waals surface area contributed by atoms with E-state index in [0.717, 1.165) is 33.2 Å². The predicted molar refractivity (Wildman–Crippen MR) is 224 cm³/mol. The molecule has 0 saturated heterocycles. The summed E-state index contributed by atoms with van der Waals surface area (Å²) < 4.78 is 7.29. The van der Waals surface area contributed by atoms with Crippen LogP contribution in [0.2, 0.25) is 0 Å². The van der Waals surface area contributed by atoms with Crippen molar-refractivity contribution in [2.45, 2.75) is 0 Å². The van der Waals surface area contributed by atoms with E-state index >= 15 is 0 Å². The first-order chi connectivity index (χ1) is 26.3. The van der Waals surface area contributed by atoms with Crippen LogP contribution in [0.4, 0.5) is 0 Å². The molecule has 0 radical (unpaired) electrons. The van der Waals surface area contributed by atoms with Crippen LogP contribution in [-0.4, -0.2) is 19.1 Å². The van der Waals surface area contributed by atoms with Gasteiger partial charge in [-0.25, -0.2) is 9.97 Å². The summed E-state index contributed by atoms with van der Waals surface area (Å²) in [6, 6.07) is 61.0. The summed E-state index contributed by atoms with van der Waals surface area (Å²) in [6.45, 7) is 0. The van der Waals surface area contributed by atoms with Gasteiger partial charge in [-0.3, -0.25) is 4.57 Å². The summed E-state index contributed by atoms with van der Waals surface area (Å²) >= 11 is 1.86. The van der Waals surface area contributed by atoms with Crippen LogP contribution < -0.4 is 0 Å². The minimum atomic E-state index is 0.672. The molecule has 0 atom stereocenters. The molecule has 0 amide bonds. The summed E-state index contributed by atoms with van der Waals surface area (Å²) in [5, 5.41) is 10.9. The monoisotopic (exact) mass is 692 g/mol. The molecule has 4 aromatic heterocycles. The molecule has 5 heteroatoms. The van der Waals surface area contributed by atoms with E-state index in [1.165, 1.54) is 69.2 Å². The first-order valence-corrected chi connectivity index (χ1v) is 18.7. The fraction of sp³-hybridized carbons (Fsp3) is 0. The largest absolute Gasteiger partial charge is 0.309 e. The lowest BCUT2D eigenvalue weighted by Crippen LogP contribution is -2.03. The Balaban J connectivity index is 1.27. The van der Waals surface area contributed by atoms with Gasteiger partial charge in [-0.1, -0.05) is 127 Å². The van der Waals surface area contributed by atoms with E-state index in [4.69, 9.17) is 9.97 Å². The van der Waals surface area contributed by atoms with Gasteiger partial charge < -0.3 is 4.57 Å². The molecule has 4 nitrogen and oxygen atoms in total. The van der Waals surface area contributed by atoms with E-state index < -0.39 is 0 Å². The van der Waals surface area contributed by atoms with Gasteiger partial charge in [-0.05, 0) is 47.9 Å². The second-order valence-corrected chi connectivity index (χ2v) is 14.8. The molecule has 0 spiro atoms. The van der Waals surface area contributed by atoms with Crippen molar-refractivity contribution in [1.82, 2.24) is 19.1 Å². The highest BCUT2D eigenvalue weighted by Gasteiger charge is 2.24. The number of hydrogen-bond donors (Lipinski definition) is 0. The molecule has 0 unspecified atom stereocenters. The van der Waals surface area contributed by atoms with Crippen LogP contribution in [0.25, 0.3) is 108 Å². The van der Waals surface area contributed by atoms with Crippen molar-refractivity contribution in [3.63, 3.8) is 0 Å². The Hall–Kier alpha value is -6.82. The van der Waals surface area contributed by atoms with Crippen molar-refractivity contribution in [2.24, 2.45) is 0 Å². The minimum Gasteiger partial charge on any atom is -0.309 e. The molecule has 0 aliphatic heterocycles. The first kappa shape index (κ1) is 28.8. The third kappa shape index (κ3) is 4.00. The summed E-state index contributed by atoms with van der Waals surface area (Å²) in [7, 11) is 0. The first-order valence-electron chi connectivity index (χ1n) is 17.9. The average molecular weight is 693 g/mol. The van der Waals surface area contributed by atoms with Crippen LogP contribution in [-0.2, 0) is 0 Å². The summed E-state index contributed by atoms with van der Waals surface area (Å²) in [5.74, 6) is 0.672. The highest BCUT2D eigenvalue weighted by atomic mass is 32.1. The van der Waals surface area contributed by atoms with Crippen LogP contribution in [0.15, 0.2) is 170 Å². The van der Waals surface area contributed by atoms with Gasteiger partial charge in [-0.2, -0.15) is 0 Å². The molecule has 0 aliphatic rings. The molecule has 246 valence electrons. The van der Waals surface area contributed by atoms with Gasteiger partial charge in [0, 0.05) is 58.1 Å². The molecular formula is C48H28N4S. The summed E-state index contributed by atoms with van der Waals surface area (Å²) in [6.07, 6.45) is 0. The molecule has 0 aliphatic carbocycles. The molecule has 0 bridgehead atoms. The molecule has 4 heterocycles. The number of thiophene rings is 1. The molecular weight excluding hydrogens is 665 g/mol. The fourth-order valence-electron chi connectivity index (χ4n) is 8.71. The normalized spacial score (nSPS) is 12.2. The number of fused-ring (bicyclic) bond motifs is 13. The topological polar surface area (TPSA) is 35.6 Å². The van der Waals surface area contributed by atoms with E-state index in [1.54, 1.807) is 0 Å². The van der Waals surface area contributed by atoms with Crippen molar-refractivity contribution in [1.29, 1.82) is 0 Å². The van der Waals surface area contributed by atoms with Gasteiger partial charge in [0.15, 0.2) is 0 Å². The molecule has 0 saturated carbocycles. The third-order valence-electron chi connectivity index (χ3n) is 10.9. The third-order valence-corrected chi connectivity index (χ3v) is 12.0. The average Bonchev–Trinajstić information content (AvgIpc) is 3.88. The van der Waals surface area contributed by atoms with E-state index in [9.17, 15) is 0 Å². The Morgan fingerprint density at radius 2 is 1.06 bits per heavy atom. The Labute approximate surface area is 307 Å². The van der Waals surface area contributed by atoms with E-state index in [0.29, 0.717) is 5.95 Å². The van der Waals surface area contributed by atoms with Crippen molar-refractivity contribution in [2.75, 3.05) is 0 Å². The van der Waals surface area contributed by atoms with E-state index in [1.807, 2.05) is 11.3 Å². The number of nitrogens with zero attached hydrogens (tertiary/aromatic N) is 4. The Kier molecular flexibility index (Phi) is 5.90. The molecule has 8 aromatic carbocycles. The van der Waals surface area contributed by atoms with Crippen LogP contribution >= 0.6 is 11.3 Å². The van der Waals surface area contributed by atoms with E-state index in [2.05, 4.69) is 179 Å². The molecule has 12 aromatic rings. The van der Waals surface area contributed by atoms with Gasteiger partial charge in [0.1, 0.15) is 0 Å². The van der Waals surface area contributed by atoms with E-state index in [-0.39, 0.29) is 0 Å². The Morgan fingerprint density at radius 3 is 1.92 bits per heavy atom. The lowest BCUT2D eigenvalue weighted by atomic mass is 10.0. The smallest absolute Gasteiger partial charge is 0.235 e. The second-order valence-electron chi connectivity index (χ2n) is 13.7. The minimum absolute atomic E-state index is 0.672. The standard InChI is InChI=1S/C48H28N4S/c1-2-14-30(15-3-1)46-34-19-6-9-21-36(34)49-48(50-46)52-38-22-10-7-18-32(38)33-25-27-42-45(47(33)52)44-41(53-42)28-26-40-43(44)35-20-8-11-23-39(35)51(40)37-24-12-16-29-13-4-5-17-31(29)37/h1-28H. The van der Waals surface area contributed by atoms with Crippen LogP contribution in [0.1, 0.15) is 0 Å². The maximum Gasteiger partial charge on any atom is 0.235 e. The molecule has 0 N–H and O–H groups in total. The zero-order chi connectivity index (χ0) is 34.6. The Morgan fingerprint density at radius 1 is 0.396 bits per heavy atom. The zero-order valence-electron chi connectivity index (χ0n) is 28.4. The zero-order valence-corrected chi connectivity index (χ0v) is 29.2.